The summed E-state index contributed by atoms with van der Waals surface area (Å²) >= 11 is 6.27. The number of pyridine rings is 1. The fraction of sp³-hybridized carbons (Fsp3) is 0.357. The Morgan fingerprint density at radius 1 is 1.52 bits per heavy atom. The number of nitrogens with zero attached hydrogens (tertiary/aromatic N) is 2. The molecular formula is C14H17ClF3N5OS. The number of hydrogen-bond acceptors (Lipinski definition) is 5. The van der Waals surface area contributed by atoms with Crippen molar-refractivity contribution in [1.82, 2.24) is 15.2 Å². The molecule has 1 aromatic heterocycles. The van der Waals surface area contributed by atoms with Crippen molar-refractivity contribution in [3.05, 3.63) is 36.4 Å². The van der Waals surface area contributed by atoms with Crippen LogP contribution in [0.1, 0.15) is 6.92 Å². The molecule has 0 radical (unpaired) electrons. The molecule has 3 N–H and O–H groups in total. The maximum atomic E-state index is 12.1. The number of hydrogen-bond donors (Lipinski definition) is 3. The molecule has 0 aliphatic carbocycles. The van der Waals surface area contributed by atoms with Gasteiger partial charge in [-0.25, -0.2) is 4.79 Å². The molecule has 1 rings (SSSR count). The van der Waals surface area contributed by atoms with E-state index in [1.807, 2.05) is 0 Å². The molecule has 0 atom stereocenters. The van der Waals surface area contributed by atoms with Gasteiger partial charge in [-0.05, 0) is 19.1 Å². The van der Waals surface area contributed by atoms with Gasteiger partial charge in [-0.2, -0.15) is 13.2 Å². The number of aromatic nitrogens is 1. The highest BCUT2D eigenvalue weighted by Crippen LogP contribution is 2.20. The molecule has 6 nitrogen and oxygen atoms in total. The first-order valence-electron chi connectivity index (χ1n) is 7.05. The van der Waals surface area contributed by atoms with Gasteiger partial charge in [0.2, 0.25) is 0 Å². The molecule has 25 heavy (non-hydrogen) atoms. The zero-order valence-corrected chi connectivity index (χ0v) is 14.8. The molecular weight excluding hydrogens is 379 g/mol. The normalized spacial score (nSPS) is 11.8. The van der Waals surface area contributed by atoms with Gasteiger partial charge in [-0.1, -0.05) is 11.6 Å². The van der Waals surface area contributed by atoms with Gasteiger partial charge >= 0.3 is 12.2 Å². The molecule has 0 fully saturated rings. The number of thioether (sulfide) groups is 1. The molecule has 11 heteroatoms. The van der Waals surface area contributed by atoms with Gasteiger partial charge in [0.25, 0.3) is 0 Å². The lowest BCUT2D eigenvalue weighted by Crippen LogP contribution is -2.40. The van der Waals surface area contributed by atoms with E-state index in [9.17, 15) is 18.0 Å². The Hall–Kier alpha value is -1.94. The molecule has 0 saturated heterocycles. The monoisotopic (exact) mass is 395 g/mol. The number of allylic oxidation sites excluding steroid dienone is 1. The van der Waals surface area contributed by atoms with E-state index >= 15 is 0 Å². The van der Waals surface area contributed by atoms with Crippen LogP contribution in [0.4, 0.5) is 23.7 Å². The van der Waals surface area contributed by atoms with Crippen molar-refractivity contribution in [2.24, 2.45) is 0 Å². The van der Waals surface area contributed by atoms with Gasteiger partial charge in [0.1, 0.15) is 5.17 Å². The summed E-state index contributed by atoms with van der Waals surface area (Å²) in [5, 5.41) is 12.4. The number of anilines is 1. The number of alkyl halides is 3. The van der Waals surface area contributed by atoms with Gasteiger partial charge < -0.3 is 10.6 Å². The van der Waals surface area contributed by atoms with Crippen LogP contribution in [0.5, 0.6) is 0 Å². The fourth-order valence-electron chi connectivity index (χ4n) is 1.66. The number of carbonyl (C=O) groups is 1. The number of halogens is 4. The second kappa shape index (κ2) is 10.1. The molecule has 0 aromatic carbocycles. The Kier molecular flexibility index (Phi) is 8.56. The van der Waals surface area contributed by atoms with Gasteiger partial charge in [0, 0.05) is 18.9 Å². The highest BCUT2D eigenvalue weighted by atomic mass is 35.5. The van der Waals surface area contributed by atoms with Crippen LogP contribution >= 0.6 is 23.4 Å². The average molecular weight is 396 g/mol. The van der Waals surface area contributed by atoms with E-state index in [1.54, 1.807) is 25.3 Å². The van der Waals surface area contributed by atoms with E-state index in [0.29, 0.717) is 17.4 Å². The molecule has 0 spiro atoms. The van der Waals surface area contributed by atoms with Crippen molar-refractivity contribution in [3.63, 3.8) is 0 Å². The summed E-state index contributed by atoms with van der Waals surface area (Å²) in [5.41, 5.74) is 0.696. The third-order valence-corrected chi connectivity index (χ3v) is 3.78. The zero-order chi connectivity index (χ0) is 18.9. The van der Waals surface area contributed by atoms with E-state index < -0.39 is 23.1 Å². The largest absolute Gasteiger partial charge is 0.397 e. The van der Waals surface area contributed by atoms with Crippen LogP contribution in [0.2, 0.25) is 0 Å². The smallest absolute Gasteiger partial charge is 0.358 e. The van der Waals surface area contributed by atoms with Gasteiger partial charge in [-0.3, -0.25) is 15.3 Å². The Morgan fingerprint density at radius 3 is 2.76 bits per heavy atom. The van der Waals surface area contributed by atoms with Gasteiger partial charge in [0.05, 0.1) is 29.2 Å². The molecule has 0 aliphatic heterocycles. The summed E-state index contributed by atoms with van der Waals surface area (Å²) < 4.78 is 36.3. The fourth-order valence-corrected chi connectivity index (χ4v) is 2.37. The third kappa shape index (κ3) is 8.12. The summed E-state index contributed by atoms with van der Waals surface area (Å²) in [5.74, 6) is -1.27. The SMILES string of the molecule is CCN(C(=O)NCSCC(F)(F)F)/C(=C/Nc1cccnc1)C(=N)Cl. The Bertz CT molecular complexity index is 612. The van der Waals surface area contributed by atoms with Crippen LogP contribution in [-0.4, -0.2) is 45.4 Å². The van der Waals surface area contributed by atoms with E-state index in [0.717, 1.165) is 4.90 Å². The number of rotatable bonds is 8. The van der Waals surface area contributed by atoms with Crippen molar-refractivity contribution in [3.8, 4) is 0 Å². The Morgan fingerprint density at radius 2 is 2.24 bits per heavy atom. The molecule has 1 heterocycles. The maximum absolute atomic E-state index is 12.1. The topological polar surface area (TPSA) is 81.1 Å². The van der Waals surface area contributed by atoms with Crippen molar-refractivity contribution in [2.45, 2.75) is 13.1 Å². The zero-order valence-electron chi connectivity index (χ0n) is 13.2. The van der Waals surface area contributed by atoms with E-state index in [-0.39, 0.29) is 18.1 Å². The van der Waals surface area contributed by atoms with Crippen LogP contribution in [0.3, 0.4) is 0 Å². The molecule has 0 aliphatic rings. The molecule has 1 aromatic rings. The lowest BCUT2D eigenvalue weighted by Gasteiger charge is -2.23. The summed E-state index contributed by atoms with van der Waals surface area (Å²) in [7, 11) is 0. The number of carbonyl (C=O) groups excluding carboxylic acids is 1. The average Bonchev–Trinajstić information content (AvgIpc) is 2.55. The van der Waals surface area contributed by atoms with Crippen molar-refractivity contribution in [2.75, 3.05) is 23.5 Å². The first kappa shape index (κ1) is 21.1. The molecule has 0 unspecified atom stereocenters. The minimum absolute atomic E-state index is 0.0753. The third-order valence-electron chi connectivity index (χ3n) is 2.71. The highest BCUT2D eigenvalue weighted by Gasteiger charge is 2.27. The summed E-state index contributed by atoms with van der Waals surface area (Å²) in [6.45, 7) is 1.83. The maximum Gasteiger partial charge on any atom is 0.397 e. The standard InChI is InChI=1S/C14H17ClF3N5OS/c1-2-23(13(24)22-9-25-8-14(16,17)18)11(12(15)19)7-21-10-4-3-5-20-6-10/h3-7,19,21H,2,8-9H2,1H3,(H,22,24)/b11-7+,19-12?. The van der Waals surface area contributed by atoms with Crippen LogP contribution < -0.4 is 10.6 Å². The predicted octanol–water partition coefficient (Wildman–Crippen LogP) is 3.84. The van der Waals surface area contributed by atoms with E-state index in [2.05, 4.69) is 15.6 Å². The predicted molar refractivity (Wildman–Crippen MR) is 93.8 cm³/mol. The quantitative estimate of drug-likeness (QED) is 0.355. The minimum Gasteiger partial charge on any atom is -0.358 e. The lowest BCUT2D eigenvalue weighted by atomic mass is 10.4. The molecule has 0 bridgehead atoms. The summed E-state index contributed by atoms with van der Waals surface area (Å²) in [6, 6.07) is 2.77. The lowest BCUT2D eigenvalue weighted by molar-refractivity contribution is -0.105. The first-order valence-corrected chi connectivity index (χ1v) is 8.59. The highest BCUT2D eigenvalue weighted by molar-refractivity contribution is 7.99. The van der Waals surface area contributed by atoms with Crippen LogP contribution in [0, 0.1) is 5.41 Å². The second-order valence-corrected chi connectivity index (χ2v) is 5.93. The van der Waals surface area contributed by atoms with Gasteiger partial charge in [-0.15, -0.1) is 11.8 Å². The number of nitrogens with one attached hydrogen (secondary N) is 3. The van der Waals surface area contributed by atoms with Gasteiger partial charge in [0.15, 0.2) is 0 Å². The van der Waals surface area contributed by atoms with Crippen LogP contribution in [-0.2, 0) is 0 Å². The minimum atomic E-state index is -4.29. The van der Waals surface area contributed by atoms with Crippen molar-refractivity contribution < 1.29 is 18.0 Å². The summed E-state index contributed by atoms with van der Waals surface area (Å²) in [6.07, 6.45) is 0.189. The first-order chi connectivity index (χ1) is 11.7. The molecule has 2 amide bonds. The number of amides is 2. The summed E-state index contributed by atoms with van der Waals surface area (Å²) in [4.78, 5) is 17.2. The Balaban J connectivity index is 2.71. The second-order valence-electron chi connectivity index (χ2n) is 4.56. The van der Waals surface area contributed by atoms with Crippen LogP contribution in [0.25, 0.3) is 0 Å². The van der Waals surface area contributed by atoms with Crippen molar-refractivity contribution in [1.29, 1.82) is 5.41 Å². The Labute approximate surface area is 152 Å². The van der Waals surface area contributed by atoms with Crippen LogP contribution in [0.15, 0.2) is 36.4 Å². The molecule has 138 valence electrons. The van der Waals surface area contributed by atoms with E-state index in [1.165, 1.54) is 12.4 Å². The molecule has 0 saturated carbocycles. The number of urea groups is 1. The van der Waals surface area contributed by atoms with Crippen molar-refractivity contribution >= 4 is 40.3 Å². The van der Waals surface area contributed by atoms with E-state index in [4.69, 9.17) is 17.0 Å².